The molecule has 0 aliphatic carbocycles. The summed E-state index contributed by atoms with van der Waals surface area (Å²) >= 11 is 0. The van der Waals surface area contributed by atoms with Gasteiger partial charge in [0.25, 0.3) is 0 Å². The number of hydrogen-bond donors (Lipinski definition) is 0. The lowest BCUT2D eigenvalue weighted by atomic mass is 10.00. The molecular formula is C20H26N2O4. The number of carbonyl (C=O) groups is 1. The first-order valence-electron chi connectivity index (χ1n) is 8.83. The van der Waals surface area contributed by atoms with Gasteiger partial charge < -0.3 is 18.8 Å². The Morgan fingerprint density at radius 1 is 1.35 bits per heavy atom. The number of oxazole rings is 1. The van der Waals surface area contributed by atoms with Crippen molar-refractivity contribution in [3.8, 4) is 17.2 Å². The van der Waals surface area contributed by atoms with E-state index in [4.69, 9.17) is 13.9 Å². The van der Waals surface area contributed by atoms with Crippen molar-refractivity contribution in [1.29, 1.82) is 0 Å². The Labute approximate surface area is 154 Å². The number of methoxy groups -OCH3 is 1. The molecule has 6 nitrogen and oxygen atoms in total. The van der Waals surface area contributed by atoms with E-state index in [-0.39, 0.29) is 24.0 Å². The maximum atomic E-state index is 12.9. The van der Waals surface area contributed by atoms with Crippen molar-refractivity contribution in [1.82, 2.24) is 9.88 Å². The van der Waals surface area contributed by atoms with E-state index in [2.05, 4.69) is 4.98 Å². The van der Waals surface area contributed by atoms with Gasteiger partial charge in [-0.3, -0.25) is 4.79 Å². The van der Waals surface area contributed by atoms with Crippen LogP contribution in [-0.2, 0) is 16.0 Å². The summed E-state index contributed by atoms with van der Waals surface area (Å²) in [6.45, 7) is 9.00. The molecule has 1 atom stereocenters. The first-order chi connectivity index (χ1) is 12.3. The molecule has 1 aliphatic heterocycles. The monoisotopic (exact) mass is 358 g/mol. The number of rotatable bonds is 4. The second-order valence-corrected chi connectivity index (χ2v) is 7.37. The van der Waals surface area contributed by atoms with Crippen LogP contribution in [-0.4, -0.2) is 47.7 Å². The molecule has 26 heavy (non-hydrogen) atoms. The van der Waals surface area contributed by atoms with Gasteiger partial charge in [0.05, 0.1) is 37.5 Å². The average Bonchev–Trinajstić information content (AvgIpc) is 2.97. The van der Waals surface area contributed by atoms with Crippen LogP contribution in [0, 0.1) is 6.92 Å². The summed E-state index contributed by atoms with van der Waals surface area (Å²) in [4.78, 5) is 19.3. The zero-order valence-corrected chi connectivity index (χ0v) is 16.0. The molecule has 1 fully saturated rings. The van der Waals surface area contributed by atoms with Crippen LogP contribution in [0.15, 0.2) is 28.7 Å². The van der Waals surface area contributed by atoms with Crippen LogP contribution in [0.5, 0.6) is 5.75 Å². The Balaban J connectivity index is 1.77. The van der Waals surface area contributed by atoms with Gasteiger partial charge in [0.1, 0.15) is 11.5 Å². The number of aryl methyl sites for hydroxylation is 1. The molecule has 0 spiro atoms. The van der Waals surface area contributed by atoms with Crippen molar-refractivity contribution in [2.24, 2.45) is 0 Å². The van der Waals surface area contributed by atoms with Gasteiger partial charge in [0.2, 0.25) is 11.8 Å². The van der Waals surface area contributed by atoms with Crippen LogP contribution in [0.25, 0.3) is 11.5 Å². The smallest absolute Gasteiger partial charge is 0.229 e. The van der Waals surface area contributed by atoms with Gasteiger partial charge in [-0.25, -0.2) is 4.98 Å². The topological polar surface area (TPSA) is 64.8 Å². The standard InChI is InChI=1S/C20H26N2O4/c1-13-11-22(20(3,4)12-25-13)18(23)10-17-14(2)26-19(21-17)15-6-8-16(24-5)9-7-15/h6-9,13H,10-12H2,1-5H3. The Bertz CT molecular complexity index is 780. The van der Waals surface area contributed by atoms with E-state index in [1.165, 1.54) is 0 Å². The van der Waals surface area contributed by atoms with Gasteiger partial charge in [-0.05, 0) is 52.0 Å². The number of morpholine rings is 1. The van der Waals surface area contributed by atoms with Crippen LogP contribution in [0.4, 0.5) is 0 Å². The van der Waals surface area contributed by atoms with Crippen molar-refractivity contribution in [2.75, 3.05) is 20.3 Å². The normalized spacial score (nSPS) is 19.4. The summed E-state index contributed by atoms with van der Waals surface area (Å²) in [6.07, 6.45) is 0.266. The number of carbonyl (C=O) groups excluding carboxylic acids is 1. The molecule has 3 rings (SSSR count). The molecule has 1 amide bonds. The van der Waals surface area contributed by atoms with Gasteiger partial charge >= 0.3 is 0 Å². The number of ether oxygens (including phenoxy) is 2. The third kappa shape index (κ3) is 3.75. The molecule has 1 saturated heterocycles. The lowest BCUT2D eigenvalue weighted by Crippen LogP contribution is -2.58. The van der Waals surface area contributed by atoms with Gasteiger partial charge in [-0.1, -0.05) is 0 Å². The van der Waals surface area contributed by atoms with E-state index in [0.29, 0.717) is 30.5 Å². The number of aromatic nitrogens is 1. The van der Waals surface area contributed by atoms with E-state index >= 15 is 0 Å². The number of benzene rings is 1. The highest BCUT2D eigenvalue weighted by Crippen LogP contribution is 2.26. The average molecular weight is 358 g/mol. The molecule has 0 N–H and O–H groups in total. The largest absolute Gasteiger partial charge is 0.497 e. The number of hydrogen-bond acceptors (Lipinski definition) is 5. The molecule has 0 radical (unpaired) electrons. The van der Waals surface area contributed by atoms with Crippen LogP contribution in [0.3, 0.4) is 0 Å². The fraction of sp³-hybridized carbons (Fsp3) is 0.500. The summed E-state index contributed by atoms with van der Waals surface area (Å²) in [5.41, 5.74) is 1.21. The molecule has 1 aromatic carbocycles. The molecular weight excluding hydrogens is 332 g/mol. The minimum atomic E-state index is -0.319. The number of amides is 1. The second kappa shape index (κ2) is 7.11. The summed E-state index contributed by atoms with van der Waals surface area (Å²) in [7, 11) is 1.63. The van der Waals surface area contributed by atoms with Gasteiger partial charge in [-0.15, -0.1) is 0 Å². The molecule has 1 aromatic heterocycles. The first-order valence-corrected chi connectivity index (χ1v) is 8.83. The van der Waals surface area contributed by atoms with Crippen molar-refractivity contribution < 1.29 is 18.7 Å². The summed E-state index contributed by atoms with van der Waals surface area (Å²) in [5, 5.41) is 0. The van der Waals surface area contributed by atoms with E-state index in [1.54, 1.807) is 7.11 Å². The van der Waals surface area contributed by atoms with Crippen LogP contribution < -0.4 is 4.74 Å². The van der Waals surface area contributed by atoms with Gasteiger partial charge in [0.15, 0.2) is 0 Å². The third-order valence-corrected chi connectivity index (χ3v) is 4.74. The molecule has 2 heterocycles. The van der Waals surface area contributed by atoms with E-state index in [1.807, 2.05) is 56.9 Å². The fourth-order valence-electron chi connectivity index (χ4n) is 3.11. The van der Waals surface area contributed by atoms with E-state index in [9.17, 15) is 4.79 Å². The number of nitrogens with zero attached hydrogens (tertiary/aromatic N) is 2. The highest BCUT2D eigenvalue weighted by atomic mass is 16.5. The second-order valence-electron chi connectivity index (χ2n) is 7.37. The Morgan fingerprint density at radius 2 is 2.04 bits per heavy atom. The van der Waals surface area contributed by atoms with Gasteiger partial charge in [-0.2, -0.15) is 0 Å². The summed E-state index contributed by atoms with van der Waals surface area (Å²) < 4.78 is 16.6. The molecule has 0 saturated carbocycles. The van der Waals surface area contributed by atoms with Gasteiger partial charge in [0, 0.05) is 12.1 Å². The Morgan fingerprint density at radius 3 is 2.69 bits per heavy atom. The molecule has 1 aliphatic rings. The molecule has 0 bridgehead atoms. The Kier molecular flexibility index (Phi) is 5.05. The van der Waals surface area contributed by atoms with E-state index in [0.717, 1.165) is 11.3 Å². The predicted octanol–water partition coefficient (Wildman–Crippen LogP) is 3.23. The van der Waals surface area contributed by atoms with E-state index < -0.39 is 0 Å². The summed E-state index contributed by atoms with van der Waals surface area (Å²) in [6, 6.07) is 7.50. The zero-order valence-electron chi connectivity index (χ0n) is 16.0. The molecule has 2 aromatic rings. The lowest BCUT2D eigenvalue weighted by Gasteiger charge is -2.44. The predicted molar refractivity (Wildman–Crippen MR) is 98.1 cm³/mol. The quantitative estimate of drug-likeness (QED) is 0.840. The maximum Gasteiger partial charge on any atom is 0.229 e. The first kappa shape index (κ1) is 18.5. The minimum Gasteiger partial charge on any atom is -0.497 e. The van der Waals surface area contributed by atoms with Crippen molar-refractivity contribution >= 4 is 5.91 Å². The molecule has 6 heteroatoms. The SMILES string of the molecule is COc1ccc(-c2nc(CC(=O)N3CC(C)OCC3(C)C)c(C)o2)cc1. The zero-order chi connectivity index (χ0) is 18.9. The van der Waals surface area contributed by atoms with Crippen molar-refractivity contribution in [2.45, 2.75) is 45.8 Å². The minimum absolute atomic E-state index is 0.0419. The highest BCUT2D eigenvalue weighted by molar-refractivity contribution is 5.79. The third-order valence-electron chi connectivity index (χ3n) is 4.74. The molecule has 140 valence electrons. The van der Waals surface area contributed by atoms with Crippen LogP contribution in [0.2, 0.25) is 0 Å². The Hall–Kier alpha value is -2.34. The highest BCUT2D eigenvalue weighted by Gasteiger charge is 2.37. The van der Waals surface area contributed by atoms with Crippen molar-refractivity contribution in [3.63, 3.8) is 0 Å². The van der Waals surface area contributed by atoms with Crippen molar-refractivity contribution in [3.05, 3.63) is 35.7 Å². The lowest BCUT2D eigenvalue weighted by molar-refractivity contribution is -0.152. The maximum absolute atomic E-state index is 12.9. The fourth-order valence-corrected chi connectivity index (χ4v) is 3.11. The van der Waals surface area contributed by atoms with Crippen LogP contribution in [0.1, 0.15) is 32.2 Å². The van der Waals surface area contributed by atoms with Crippen LogP contribution >= 0.6 is 0 Å². The molecule has 1 unspecified atom stereocenters. The summed E-state index contributed by atoms with van der Waals surface area (Å²) in [5.74, 6) is 2.00.